The molecule has 1 rings (SSSR count). The van der Waals surface area contributed by atoms with Gasteiger partial charge in [-0.15, -0.1) is 0 Å². The van der Waals surface area contributed by atoms with Gasteiger partial charge in [0.2, 0.25) is 0 Å². The van der Waals surface area contributed by atoms with Crippen molar-refractivity contribution in [2.45, 2.75) is 13.8 Å². The van der Waals surface area contributed by atoms with Crippen molar-refractivity contribution in [1.82, 2.24) is 0 Å². The molecule has 0 atom stereocenters. The molecule has 1 aromatic rings. The Labute approximate surface area is 91.6 Å². The third kappa shape index (κ3) is 1.69. The molecule has 0 aliphatic carbocycles. The third-order valence-corrected chi connectivity index (χ3v) is 3.45. The normalized spacial score (nSPS) is 10.2. The number of hydrogen-bond acceptors (Lipinski definition) is 1. The fraction of sp³-hybridized carbons (Fsp3) is 0.222. The highest BCUT2D eigenvalue weighted by atomic mass is 35.5. The Morgan fingerprint density at radius 1 is 0.923 bits per heavy atom. The van der Waals surface area contributed by atoms with Crippen LogP contribution < -0.4 is 0 Å². The molecule has 0 amide bonds. The van der Waals surface area contributed by atoms with Crippen LogP contribution in [-0.2, 0) is 0 Å². The molecule has 1 nitrogen and oxygen atoms in total. The third-order valence-electron chi connectivity index (χ3n) is 1.91. The Morgan fingerprint density at radius 2 is 1.31 bits per heavy atom. The maximum Gasteiger partial charge on any atom is 0.153 e. The van der Waals surface area contributed by atoms with Gasteiger partial charge < -0.3 is 0 Å². The number of rotatable bonds is 1. The summed E-state index contributed by atoms with van der Waals surface area (Å²) in [5.74, 6) is 0. The van der Waals surface area contributed by atoms with Gasteiger partial charge in [0.05, 0.1) is 15.6 Å². The van der Waals surface area contributed by atoms with Gasteiger partial charge in [-0.05, 0) is 25.0 Å². The molecule has 1 aromatic carbocycles. The van der Waals surface area contributed by atoms with Gasteiger partial charge in [0.1, 0.15) is 0 Å². The molecule has 0 radical (unpaired) electrons. The molecular weight excluding hydrogens is 230 g/mol. The molecule has 0 N–H and O–H groups in total. The van der Waals surface area contributed by atoms with Crippen LogP contribution >= 0.6 is 34.8 Å². The largest absolute Gasteiger partial charge is 0.298 e. The van der Waals surface area contributed by atoms with Crippen LogP contribution in [0.1, 0.15) is 21.5 Å². The summed E-state index contributed by atoms with van der Waals surface area (Å²) in [5.41, 5.74) is 1.68. The number of carbonyl (C=O) groups is 1. The lowest BCUT2D eigenvalue weighted by atomic mass is 10.1. The van der Waals surface area contributed by atoms with Crippen molar-refractivity contribution in [3.63, 3.8) is 0 Å². The molecule has 70 valence electrons. The van der Waals surface area contributed by atoms with Gasteiger partial charge in [-0.2, -0.15) is 0 Å². The quantitative estimate of drug-likeness (QED) is 0.673. The van der Waals surface area contributed by atoms with Crippen molar-refractivity contribution < 1.29 is 4.79 Å². The van der Waals surface area contributed by atoms with Crippen LogP contribution in [0.2, 0.25) is 15.1 Å². The van der Waals surface area contributed by atoms with E-state index in [1.54, 1.807) is 13.8 Å². The number of benzene rings is 1. The Hall–Kier alpha value is -0.240. The zero-order chi connectivity index (χ0) is 10.2. The van der Waals surface area contributed by atoms with Crippen molar-refractivity contribution in [3.05, 3.63) is 31.8 Å². The number of hydrogen-bond donors (Lipinski definition) is 0. The minimum Gasteiger partial charge on any atom is -0.298 e. The lowest BCUT2D eigenvalue weighted by Crippen LogP contribution is -1.93. The summed E-state index contributed by atoms with van der Waals surface area (Å²) in [6.07, 6.45) is 0.640. The van der Waals surface area contributed by atoms with Crippen molar-refractivity contribution in [2.24, 2.45) is 0 Å². The van der Waals surface area contributed by atoms with Gasteiger partial charge in [0.15, 0.2) is 6.29 Å². The number of halogens is 3. The standard InChI is InChI=1S/C9H7Cl3O/c1-4-7(10)5(2)9(12)6(3-13)8(4)11/h3H,1-2H3. The number of carbonyl (C=O) groups excluding carboxylic acids is 1. The molecule has 0 aliphatic rings. The molecule has 0 unspecified atom stereocenters. The second kappa shape index (κ2) is 3.87. The molecule has 0 bridgehead atoms. The van der Waals surface area contributed by atoms with Crippen LogP contribution in [0, 0.1) is 13.8 Å². The first kappa shape index (κ1) is 10.8. The Kier molecular flexibility index (Phi) is 3.23. The van der Waals surface area contributed by atoms with Gasteiger partial charge >= 0.3 is 0 Å². The highest BCUT2D eigenvalue weighted by Crippen LogP contribution is 2.36. The molecule has 4 heteroatoms. The van der Waals surface area contributed by atoms with E-state index in [1.807, 2.05) is 0 Å². The predicted octanol–water partition coefficient (Wildman–Crippen LogP) is 4.08. The fourth-order valence-electron chi connectivity index (χ4n) is 1.08. The van der Waals surface area contributed by atoms with E-state index >= 15 is 0 Å². The Morgan fingerprint density at radius 3 is 1.62 bits per heavy atom. The van der Waals surface area contributed by atoms with Crippen LogP contribution in [-0.4, -0.2) is 6.29 Å². The van der Waals surface area contributed by atoms with Crippen molar-refractivity contribution in [3.8, 4) is 0 Å². The van der Waals surface area contributed by atoms with Crippen LogP contribution in [0.4, 0.5) is 0 Å². The molecule has 0 heterocycles. The van der Waals surface area contributed by atoms with E-state index in [4.69, 9.17) is 34.8 Å². The first-order valence-electron chi connectivity index (χ1n) is 3.59. The highest BCUT2D eigenvalue weighted by Gasteiger charge is 2.15. The Balaban J connectivity index is 3.66. The molecule has 0 saturated heterocycles. The average Bonchev–Trinajstić information content (AvgIpc) is 2.13. The first-order chi connectivity index (χ1) is 6.00. The van der Waals surface area contributed by atoms with E-state index in [-0.39, 0.29) is 0 Å². The monoisotopic (exact) mass is 236 g/mol. The van der Waals surface area contributed by atoms with Gasteiger partial charge in [-0.3, -0.25) is 4.79 Å². The van der Waals surface area contributed by atoms with Gasteiger partial charge in [0.25, 0.3) is 0 Å². The molecule has 0 spiro atoms. The van der Waals surface area contributed by atoms with Crippen LogP contribution in [0.25, 0.3) is 0 Å². The summed E-state index contributed by atoms with van der Waals surface area (Å²) in [6, 6.07) is 0. The molecule has 0 aromatic heterocycles. The van der Waals surface area contributed by atoms with Gasteiger partial charge in [0, 0.05) is 5.02 Å². The maximum atomic E-state index is 10.7. The van der Waals surface area contributed by atoms with E-state index < -0.39 is 0 Å². The van der Waals surface area contributed by atoms with E-state index in [0.29, 0.717) is 38.0 Å². The van der Waals surface area contributed by atoms with Gasteiger partial charge in [-0.1, -0.05) is 34.8 Å². The van der Waals surface area contributed by atoms with E-state index in [0.717, 1.165) is 0 Å². The minimum atomic E-state index is 0.308. The molecule has 0 fully saturated rings. The van der Waals surface area contributed by atoms with Crippen LogP contribution in [0.15, 0.2) is 0 Å². The van der Waals surface area contributed by atoms with Crippen molar-refractivity contribution in [2.75, 3.05) is 0 Å². The lowest BCUT2D eigenvalue weighted by molar-refractivity contribution is 0.112. The average molecular weight is 238 g/mol. The molecule has 13 heavy (non-hydrogen) atoms. The van der Waals surface area contributed by atoms with Crippen LogP contribution in [0.3, 0.4) is 0 Å². The molecule has 0 saturated carbocycles. The topological polar surface area (TPSA) is 17.1 Å². The second-order valence-electron chi connectivity index (χ2n) is 2.72. The van der Waals surface area contributed by atoms with E-state index in [2.05, 4.69) is 0 Å². The highest BCUT2D eigenvalue weighted by molar-refractivity contribution is 6.42. The zero-order valence-corrected chi connectivity index (χ0v) is 9.39. The van der Waals surface area contributed by atoms with Crippen LogP contribution in [0.5, 0.6) is 0 Å². The molecular formula is C9H7Cl3O. The maximum absolute atomic E-state index is 10.7. The van der Waals surface area contributed by atoms with Gasteiger partial charge in [-0.25, -0.2) is 0 Å². The molecule has 0 aliphatic heterocycles. The zero-order valence-electron chi connectivity index (χ0n) is 7.12. The summed E-state index contributed by atoms with van der Waals surface area (Å²) < 4.78 is 0. The van der Waals surface area contributed by atoms with E-state index in [9.17, 15) is 4.79 Å². The summed E-state index contributed by atoms with van der Waals surface area (Å²) in [6.45, 7) is 3.50. The Bertz CT molecular complexity index is 343. The second-order valence-corrected chi connectivity index (χ2v) is 3.86. The fourth-order valence-corrected chi connectivity index (χ4v) is 1.88. The first-order valence-corrected chi connectivity index (χ1v) is 4.73. The minimum absolute atomic E-state index is 0.308. The summed E-state index contributed by atoms with van der Waals surface area (Å²) in [7, 11) is 0. The summed E-state index contributed by atoms with van der Waals surface area (Å²) >= 11 is 17.7. The SMILES string of the molecule is Cc1c(Cl)c(C)c(Cl)c(C=O)c1Cl. The smallest absolute Gasteiger partial charge is 0.153 e. The van der Waals surface area contributed by atoms with E-state index in [1.165, 1.54) is 0 Å². The lowest BCUT2D eigenvalue weighted by Gasteiger charge is -2.09. The number of aldehydes is 1. The van der Waals surface area contributed by atoms with Crippen molar-refractivity contribution >= 4 is 41.1 Å². The predicted molar refractivity (Wildman–Crippen MR) is 56.3 cm³/mol. The summed E-state index contributed by atoms with van der Waals surface area (Å²) in [5, 5.41) is 1.17. The van der Waals surface area contributed by atoms with Crippen molar-refractivity contribution in [1.29, 1.82) is 0 Å². The summed E-state index contributed by atoms with van der Waals surface area (Å²) in [4.78, 5) is 10.7.